The Bertz CT molecular complexity index is 858. The lowest BCUT2D eigenvalue weighted by Crippen LogP contribution is -2.36. The zero-order chi connectivity index (χ0) is 19.6. The predicted molar refractivity (Wildman–Crippen MR) is 119 cm³/mol. The van der Waals surface area contributed by atoms with Gasteiger partial charge in [0.25, 0.3) is 0 Å². The van der Waals surface area contributed by atoms with Gasteiger partial charge in [0.1, 0.15) is 0 Å². The molecule has 0 radical (unpaired) electrons. The molecule has 156 valence electrons. The fourth-order valence-corrected chi connectivity index (χ4v) is 5.95. The number of benzene rings is 1. The van der Waals surface area contributed by atoms with Gasteiger partial charge in [0.05, 0.1) is 0 Å². The Kier molecular flexibility index (Phi) is 5.63. The molecule has 1 atom stereocenters. The first-order valence-corrected chi connectivity index (χ1v) is 12.0. The van der Waals surface area contributed by atoms with Crippen LogP contribution in [0.1, 0.15) is 94.3 Å². The predicted octanol–water partition coefficient (Wildman–Crippen LogP) is 5.99. The van der Waals surface area contributed by atoms with Crippen molar-refractivity contribution in [3.63, 3.8) is 0 Å². The van der Waals surface area contributed by atoms with Crippen LogP contribution in [0.2, 0.25) is 0 Å². The zero-order valence-electron chi connectivity index (χ0n) is 17.6. The van der Waals surface area contributed by atoms with Crippen molar-refractivity contribution in [1.82, 2.24) is 10.3 Å². The van der Waals surface area contributed by atoms with Crippen molar-refractivity contribution in [2.75, 3.05) is 5.32 Å². The highest BCUT2D eigenvalue weighted by Crippen LogP contribution is 2.37. The Balaban J connectivity index is 1.32. The summed E-state index contributed by atoms with van der Waals surface area (Å²) in [7, 11) is 0. The number of nitrogens with one attached hydrogen (secondary N) is 3. The number of anilines is 1. The number of aromatic amines is 1. The van der Waals surface area contributed by atoms with E-state index in [0.717, 1.165) is 12.1 Å². The SMILES string of the molecule is O=C(CC1CCCC1)Nc1ccc2[nH]c3c(c2c1)CCCC3NC1CCCCC1. The largest absolute Gasteiger partial charge is 0.357 e. The Hall–Kier alpha value is -1.81. The fourth-order valence-electron chi connectivity index (χ4n) is 5.95. The molecule has 29 heavy (non-hydrogen) atoms. The van der Waals surface area contributed by atoms with Gasteiger partial charge in [0.15, 0.2) is 0 Å². The van der Waals surface area contributed by atoms with Crippen molar-refractivity contribution in [2.45, 2.75) is 95.6 Å². The normalized spacial score (nSPS) is 23.4. The fraction of sp³-hybridized carbons (Fsp3) is 0.640. The summed E-state index contributed by atoms with van der Waals surface area (Å²) in [5.74, 6) is 0.767. The Morgan fingerprint density at radius 1 is 0.966 bits per heavy atom. The van der Waals surface area contributed by atoms with E-state index in [0.29, 0.717) is 24.4 Å². The van der Waals surface area contributed by atoms with Gasteiger partial charge in [-0.2, -0.15) is 0 Å². The Labute approximate surface area is 174 Å². The van der Waals surface area contributed by atoms with Crippen molar-refractivity contribution in [3.8, 4) is 0 Å². The van der Waals surface area contributed by atoms with E-state index in [4.69, 9.17) is 0 Å². The van der Waals surface area contributed by atoms with Crippen LogP contribution in [0.3, 0.4) is 0 Å². The molecule has 0 bridgehead atoms. The average Bonchev–Trinajstić information content (AvgIpc) is 3.37. The molecule has 4 nitrogen and oxygen atoms in total. The smallest absolute Gasteiger partial charge is 0.224 e. The number of H-pyrrole nitrogens is 1. The highest BCUT2D eigenvalue weighted by atomic mass is 16.1. The van der Waals surface area contributed by atoms with Crippen LogP contribution < -0.4 is 10.6 Å². The molecule has 1 unspecified atom stereocenters. The highest BCUT2D eigenvalue weighted by molar-refractivity contribution is 5.95. The number of carbonyl (C=O) groups excluding carboxylic acids is 1. The monoisotopic (exact) mass is 393 g/mol. The third-order valence-electron chi connectivity index (χ3n) is 7.48. The van der Waals surface area contributed by atoms with Crippen molar-refractivity contribution in [1.29, 1.82) is 0 Å². The number of fused-ring (bicyclic) bond motifs is 3. The van der Waals surface area contributed by atoms with E-state index in [-0.39, 0.29) is 5.91 Å². The third kappa shape index (κ3) is 4.23. The number of hydrogen-bond acceptors (Lipinski definition) is 2. The molecule has 0 saturated heterocycles. The summed E-state index contributed by atoms with van der Waals surface area (Å²) >= 11 is 0. The maximum absolute atomic E-state index is 12.5. The molecule has 3 aliphatic carbocycles. The van der Waals surface area contributed by atoms with E-state index in [1.54, 1.807) is 0 Å². The summed E-state index contributed by atoms with van der Waals surface area (Å²) < 4.78 is 0. The number of amides is 1. The van der Waals surface area contributed by atoms with Gasteiger partial charge >= 0.3 is 0 Å². The molecule has 5 rings (SSSR count). The van der Waals surface area contributed by atoms with Gasteiger partial charge in [-0.05, 0) is 74.6 Å². The average molecular weight is 394 g/mol. The summed E-state index contributed by atoms with van der Waals surface area (Å²) in [4.78, 5) is 16.2. The van der Waals surface area contributed by atoms with Gasteiger partial charge in [-0.3, -0.25) is 4.79 Å². The Morgan fingerprint density at radius 3 is 2.59 bits per heavy atom. The van der Waals surface area contributed by atoms with Gasteiger partial charge in [-0.1, -0.05) is 32.1 Å². The van der Waals surface area contributed by atoms with Crippen LogP contribution in [0.25, 0.3) is 10.9 Å². The second kappa shape index (κ2) is 8.51. The zero-order valence-corrected chi connectivity index (χ0v) is 17.6. The maximum atomic E-state index is 12.5. The minimum absolute atomic E-state index is 0.178. The van der Waals surface area contributed by atoms with Crippen LogP contribution in [-0.2, 0) is 11.2 Å². The first kappa shape index (κ1) is 19.2. The molecule has 2 aromatic rings. The summed E-state index contributed by atoms with van der Waals surface area (Å²) in [5, 5.41) is 8.43. The van der Waals surface area contributed by atoms with Crippen molar-refractivity contribution < 1.29 is 4.79 Å². The van der Waals surface area contributed by atoms with E-state index < -0.39 is 0 Å². The van der Waals surface area contributed by atoms with Crippen LogP contribution in [-0.4, -0.2) is 16.9 Å². The summed E-state index contributed by atoms with van der Waals surface area (Å²) in [6.45, 7) is 0. The molecule has 2 saturated carbocycles. The van der Waals surface area contributed by atoms with Crippen LogP contribution in [0.4, 0.5) is 5.69 Å². The second-order valence-electron chi connectivity index (χ2n) is 9.63. The molecular weight excluding hydrogens is 358 g/mol. The van der Waals surface area contributed by atoms with E-state index in [9.17, 15) is 4.79 Å². The molecule has 1 heterocycles. The van der Waals surface area contributed by atoms with E-state index >= 15 is 0 Å². The first-order chi connectivity index (χ1) is 14.3. The third-order valence-corrected chi connectivity index (χ3v) is 7.48. The minimum Gasteiger partial charge on any atom is -0.357 e. The molecule has 1 aromatic heterocycles. The van der Waals surface area contributed by atoms with Gasteiger partial charge in [0, 0.05) is 40.8 Å². The number of aryl methyl sites for hydroxylation is 1. The molecule has 2 fully saturated rings. The number of hydrogen-bond donors (Lipinski definition) is 3. The van der Waals surface area contributed by atoms with Crippen molar-refractivity contribution in [2.24, 2.45) is 5.92 Å². The van der Waals surface area contributed by atoms with Gasteiger partial charge < -0.3 is 15.6 Å². The Morgan fingerprint density at radius 2 is 1.76 bits per heavy atom. The molecule has 3 N–H and O–H groups in total. The van der Waals surface area contributed by atoms with Crippen molar-refractivity contribution in [3.05, 3.63) is 29.5 Å². The van der Waals surface area contributed by atoms with Crippen molar-refractivity contribution >= 4 is 22.5 Å². The molecule has 3 aliphatic rings. The lowest BCUT2D eigenvalue weighted by molar-refractivity contribution is -0.117. The second-order valence-corrected chi connectivity index (χ2v) is 9.63. The van der Waals surface area contributed by atoms with Crippen LogP contribution >= 0.6 is 0 Å². The standard InChI is InChI=1S/C25H35N3O/c29-24(15-17-7-4-5-8-17)27-19-13-14-22-21(16-19)20-11-6-12-23(25(20)28-22)26-18-9-2-1-3-10-18/h13-14,16-18,23,26,28H,1-12,15H2,(H,27,29). The number of carbonyl (C=O) groups is 1. The number of rotatable bonds is 5. The van der Waals surface area contributed by atoms with Crippen LogP contribution in [0, 0.1) is 5.92 Å². The minimum atomic E-state index is 0.178. The highest BCUT2D eigenvalue weighted by Gasteiger charge is 2.27. The van der Waals surface area contributed by atoms with E-state index in [2.05, 4.69) is 33.8 Å². The summed E-state index contributed by atoms with van der Waals surface area (Å²) in [5.41, 5.74) is 5.02. The molecular formula is C25H35N3O. The van der Waals surface area contributed by atoms with E-state index in [1.807, 2.05) is 0 Å². The molecule has 0 aliphatic heterocycles. The van der Waals surface area contributed by atoms with Crippen LogP contribution in [0.15, 0.2) is 18.2 Å². The molecule has 1 aromatic carbocycles. The summed E-state index contributed by atoms with van der Waals surface area (Å²) in [6, 6.07) is 7.53. The van der Waals surface area contributed by atoms with Gasteiger partial charge in [0.2, 0.25) is 5.91 Å². The van der Waals surface area contributed by atoms with Gasteiger partial charge in [-0.25, -0.2) is 0 Å². The maximum Gasteiger partial charge on any atom is 0.224 e. The summed E-state index contributed by atoms with van der Waals surface area (Å²) in [6.07, 6.45) is 16.1. The van der Waals surface area contributed by atoms with Crippen LogP contribution in [0.5, 0.6) is 0 Å². The molecule has 0 spiro atoms. The molecule has 4 heteroatoms. The lowest BCUT2D eigenvalue weighted by Gasteiger charge is -2.31. The lowest BCUT2D eigenvalue weighted by atomic mass is 9.89. The first-order valence-electron chi connectivity index (χ1n) is 12.0. The topological polar surface area (TPSA) is 56.9 Å². The number of aromatic nitrogens is 1. The molecule has 1 amide bonds. The quantitative estimate of drug-likeness (QED) is 0.585. The van der Waals surface area contributed by atoms with Gasteiger partial charge in [-0.15, -0.1) is 0 Å². The van der Waals surface area contributed by atoms with E-state index in [1.165, 1.54) is 92.8 Å².